The van der Waals surface area contributed by atoms with Crippen molar-refractivity contribution in [1.29, 1.82) is 0 Å². The summed E-state index contributed by atoms with van der Waals surface area (Å²) in [6.45, 7) is 0. The number of hydrogen-bond acceptors (Lipinski definition) is 7. The van der Waals surface area contributed by atoms with E-state index in [0.717, 1.165) is 4.90 Å². The van der Waals surface area contributed by atoms with Gasteiger partial charge in [0.25, 0.3) is 11.6 Å². The van der Waals surface area contributed by atoms with Gasteiger partial charge in [-0.3, -0.25) is 24.5 Å². The second kappa shape index (κ2) is 8.44. The van der Waals surface area contributed by atoms with Gasteiger partial charge in [0.2, 0.25) is 5.91 Å². The third-order valence-electron chi connectivity index (χ3n) is 5.95. The van der Waals surface area contributed by atoms with Crippen LogP contribution >= 0.6 is 11.6 Å². The Bertz CT molecular complexity index is 1280. The summed E-state index contributed by atoms with van der Waals surface area (Å²) in [6.07, 6.45) is -1.09. The third-order valence-corrected chi connectivity index (χ3v) is 6.20. The van der Waals surface area contributed by atoms with Gasteiger partial charge < -0.3 is 4.74 Å². The van der Waals surface area contributed by atoms with Crippen LogP contribution in [0.25, 0.3) is 0 Å². The number of benzene rings is 3. The Morgan fingerprint density at radius 2 is 1.65 bits per heavy atom. The van der Waals surface area contributed by atoms with E-state index in [1.807, 2.05) is 0 Å². The maximum absolute atomic E-state index is 13.6. The fourth-order valence-corrected chi connectivity index (χ4v) is 4.50. The Morgan fingerprint density at radius 1 is 0.971 bits per heavy atom. The van der Waals surface area contributed by atoms with Crippen LogP contribution in [0.4, 0.5) is 17.1 Å². The van der Waals surface area contributed by atoms with Crippen molar-refractivity contribution >= 4 is 40.5 Å². The Balaban J connectivity index is 1.58. The number of nitrogens with zero attached hydrogens (tertiary/aromatic N) is 3. The molecule has 2 heterocycles. The summed E-state index contributed by atoms with van der Waals surface area (Å²) in [7, 11) is 1.52. The lowest BCUT2D eigenvalue weighted by atomic mass is 9.90. The maximum Gasteiger partial charge on any atom is 0.269 e. The summed E-state index contributed by atoms with van der Waals surface area (Å²) in [5.74, 6) is -1.28. The molecule has 2 saturated heterocycles. The number of carbonyl (C=O) groups is 2. The Kier molecular flexibility index (Phi) is 5.43. The fourth-order valence-electron chi connectivity index (χ4n) is 4.37. The lowest BCUT2D eigenvalue weighted by molar-refractivity contribution is -0.384. The molecular formula is C24H18ClN3O6. The zero-order valence-electron chi connectivity index (χ0n) is 17.8. The van der Waals surface area contributed by atoms with Gasteiger partial charge in [0, 0.05) is 17.2 Å². The van der Waals surface area contributed by atoms with Gasteiger partial charge in [-0.15, -0.1) is 0 Å². The molecule has 0 N–H and O–H groups in total. The van der Waals surface area contributed by atoms with Crippen molar-refractivity contribution in [2.75, 3.05) is 17.1 Å². The molecular weight excluding hydrogens is 462 g/mol. The molecule has 0 bridgehead atoms. The van der Waals surface area contributed by atoms with Gasteiger partial charge in [-0.05, 0) is 54.1 Å². The Morgan fingerprint density at radius 3 is 2.29 bits per heavy atom. The number of ether oxygens (including phenoxy) is 1. The molecule has 10 heteroatoms. The number of anilines is 2. The number of halogens is 1. The standard InChI is InChI=1S/C24H18ClN3O6/c1-33-19-11-9-16(10-12-19)26-23(29)20-21(14-3-2-4-18(13-14)28(31)32)27(34-22(20)24(26)30)17-7-5-15(25)6-8-17/h2-13,20-22H,1H3/t20-,21+,22+/m0/s1. The molecule has 0 aliphatic carbocycles. The first-order valence-electron chi connectivity index (χ1n) is 10.4. The minimum absolute atomic E-state index is 0.124. The normalized spacial score (nSPS) is 21.6. The first kappa shape index (κ1) is 21.9. The summed E-state index contributed by atoms with van der Waals surface area (Å²) < 4.78 is 5.15. The third kappa shape index (κ3) is 3.55. The average Bonchev–Trinajstić information content (AvgIpc) is 3.35. The highest BCUT2D eigenvalue weighted by atomic mass is 35.5. The van der Waals surface area contributed by atoms with Crippen LogP contribution < -0.4 is 14.7 Å². The molecule has 3 aromatic rings. The van der Waals surface area contributed by atoms with E-state index in [2.05, 4.69) is 0 Å². The number of nitro benzene ring substituents is 1. The molecule has 3 aromatic carbocycles. The van der Waals surface area contributed by atoms with Gasteiger partial charge in [0.05, 0.1) is 29.4 Å². The molecule has 2 aliphatic rings. The largest absolute Gasteiger partial charge is 0.497 e. The van der Waals surface area contributed by atoms with Gasteiger partial charge in [0.1, 0.15) is 11.7 Å². The number of rotatable bonds is 5. The van der Waals surface area contributed by atoms with Crippen LogP contribution in [0.5, 0.6) is 5.75 Å². The molecule has 2 amide bonds. The van der Waals surface area contributed by atoms with E-state index in [1.165, 1.54) is 24.3 Å². The van der Waals surface area contributed by atoms with Crippen LogP contribution in [0, 0.1) is 16.0 Å². The van der Waals surface area contributed by atoms with Gasteiger partial charge in [-0.1, -0.05) is 23.7 Å². The Labute approximate surface area is 199 Å². The lowest BCUT2D eigenvalue weighted by Gasteiger charge is -2.28. The number of nitro groups is 1. The van der Waals surface area contributed by atoms with Crippen LogP contribution in [0.2, 0.25) is 5.02 Å². The minimum Gasteiger partial charge on any atom is -0.497 e. The molecule has 0 spiro atoms. The number of imide groups is 1. The van der Waals surface area contributed by atoms with Crippen molar-refractivity contribution in [2.24, 2.45) is 5.92 Å². The zero-order valence-corrected chi connectivity index (χ0v) is 18.6. The maximum atomic E-state index is 13.6. The molecule has 5 rings (SSSR count). The molecule has 9 nitrogen and oxygen atoms in total. The monoisotopic (exact) mass is 479 g/mol. The summed E-state index contributed by atoms with van der Waals surface area (Å²) >= 11 is 6.02. The average molecular weight is 480 g/mol. The molecule has 3 atom stereocenters. The van der Waals surface area contributed by atoms with Crippen molar-refractivity contribution in [2.45, 2.75) is 12.1 Å². The molecule has 0 saturated carbocycles. The minimum atomic E-state index is -1.09. The van der Waals surface area contributed by atoms with Crippen LogP contribution in [0.15, 0.2) is 72.8 Å². The van der Waals surface area contributed by atoms with Crippen molar-refractivity contribution in [3.8, 4) is 5.75 Å². The smallest absolute Gasteiger partial charge is 0.269 e. The molecule has 34 heavy (non-hydrogen) atoms. The summed E-state index contributed by atoms with van der Waals surface area (Å²) in [5.41, 5.74) is 1.31. The highest BCUT2D eigenvalue weighted by molar-refractivity contribution is 6.30. The highest BCUT2D eigenvalue weighted by Crippen LogP contribution is 2.48. The lowest BCUT2D eigenvalue weighted by Crippen LogP contribution is -2.37. The van der Waals surface area contributed by atoms with Crippen LogP contribution in [-0.2, 0) is 14.4 Å². The Hall–Kier alpha value is -3.95. The van der Waals surface area contributed by atoms with E-state index in [-0.39, 0.29) is 5.69 Å². The van der Waals surface area contributed by atoms with E-state index >= 15 is 0 Å². The number of amides is 2. The second-order valence-electron chi connectivity index (χ2n) is 7.86. The van der Waals surface area contributed by atoms with E-state index in [0.29, 0.717) is 27.7 Å². The van der Waals surface area contributed by atoms with Crippen molar-refractivity contribution in [3.63, 3.8) is 0 Å². The number of hydroxylamine groups is 1. The van der Waals surface area contributed by atoms with E-state index in [1.54, 1.807) is 60.7 Å². The molecule has 2 aliphatic heterocycles. The fraction of sp³-hybridized carbons (Fsp3) is 0.167. The molecule has 2 fully saturated rings. The van der Waals surface area contributed by atoms with Crippen molar-refractivity contribution in [3.05, 3.63) is 93.5 Å². The first-order valence-corrected chi connectivity index (χ1v) is 10.7. The number of carbonyl (C=O) groups excluding carboxylic acids is 2. The number of fused-ring (bicyclic) bond motifs is 1. The summed E-state index contributed by atoms with van der Waals surface area (Å²) in [4.78, 5) is 45.0. The quantitative estimate of drug-likeness (QED) is 0.305. The number of non-ortho nitro benzene ring substituents is 1. The van der Waals surface area contributed by atoms with Gasteiger partial charge in [0.15, 0.2) is 6.10 Å². The van der Waals surface area contributed by atoms with E-state index < -0.39 is 34.8 Å². The van der Waals surface area contributed by atoms with E-state index in [4.69, 9.17) is 21.2 Å². The van der Waals surface area contributed by atoms with Gasteiger partial charge in [-0.25, -0.2) is 9.96 Å². The molecule has 0 radical (unpaired) electrons. The van der Waals surface area contributed by atoms with E-state index in [9.17, 15) is 19.7 Å². The summed E-state index contributed by atoms with van der Waals surface area (Å²) in [6, 6.07) is 18.5. The predicted octanol–water partition coefficient (Wildman–Crippen LogP) is 4.31. The van der Waals surface area contributed by atoms with Crippen LogP contribution in [-0.4, -0.2) is 30.0 Å². The highest BCUT2D eigenvalue weighted by Gasteiger charge is 2.60. The van der Waals surface area contributed by atoms with Gasteiger partial charge >= 0.3 is 0 Å². The van der Waals surface area contributed by atoms with Crippen LogP contribution in [0.3, 0.4) is 0 Å². The summed E-state index contributed by atoms with van der Waals surface area (Å²) in [5, 5.41) is 13.4. The van der Waals surface area contributed by atoms with Gasteiger partial charge in [-0.2, -0.15) is 0 Å². The zero-order chi connectivity index (χ0) is 24.0. The number of methoxy groups -OCH3 is 1. The second-order valence-corrected chi connectivity index (χ2v) is 8.30. The first-order chi connectivity index (χ1) is 16.4. The van der Waals surface area contributed by atoms with Crippen LogP contribution in [0.1, 0.15) is 11.6 Å². The SMILES string of the molecule is COc1ccc(N2C(=O)[C@H]3[C@@H](c4cccc([N+](=O)[O-])c4)N(c4ccc(Cl)cc4)O[C@H]3C2=O)cc1. The predicted molar refractivity (Wildman–Crippen MR) is 124 cm³/mol. The number of hydrogen-bond donors (Lipinski definition) is 0. The molecule has 172 valence electrons. The molecule has 0 aromatic heterocycles. The topological polar surface area (TPSA) is 102 Å². The molecule has 0 unspecified atom stereocenters. The van der Waals surface area contributed by atoms with Crippen molar-refractivity contribution in [1.82, 2.24) is 0 Å². The van der Waals surface area contributed by atoms with Crippen molar-refractivity contribution < 1.29 is 24.1 Å².